The first kappa shape index (κ1) is 12.7. The number of amides is 1. The van der Waals surface area contributed by atoms with Crippen LogP contribution in [0.15, 0.2) is 15.9 Å². The monoisotopic (exact) mass is 290 g/mol. The van der Waals surface area contributed by atoms with Crippen LogP contribution in [0.4, 0.5) is 0 Å². The van der Waals surface area contributed by atoms with E-state index in [2.05, 4.69) is 40.4 Å². The van der Waals surface area contributed by atoms with Crippen LogP contribution in [0, 0.1) is 0 Å². The average Bonchev–Trinajstić information content (AvgIpc) is 2.58. The molecule has 0 saturated carbocycles. The number of hydrogen-bond donors (Lipinski definition) is 2. The van der Waals surface area contributed by atoms with Crippen molar-refractivity contribution in [3.63, 3.8) is 0 Å². The molecule has 15 heavy (non-hydrogen) atoms. The minimum Gasteiger partial charge on any atom is -0.350 e. The fraction of sp³-hybridized carbons (Fsp3) is 0.500. The van der Waals surface area contributed by atoms with Gasteiger partial charge in [0.2, 0.25) is 0 Å². The highest BCUT2D eigenvalue weighted by molar-refractivity contribution is 9.10. The normalized spacial score (nSPS) is 10.7. The van der Waals surface area contributed by atoms with Gasteiger partial charge < -0.3 is 10.6 Å². The molecule has 2 N–H and O–H groups in total. The van der Waals surface area contributed by atoms with Crippen LogP contribution in [0.3, 0.4) is 0 Å². The summed E-state index contributed by atoms with van der Waals surface area (Å²) in [7, 11) is 0. The van der Waals surface area contributed by atoms with Gasteiger partial charge in [0.25, 0.3) is 5.91 Å². The van der Waals surface area contributed by atoms with E-state index >= 15 is 0 Å². The van der Waals surface area contributed by atoms with Crippen molar-refractivity contribution in [3.8, 4) is 0 Å². The van der Waals surface area contributed by atoms with Gasteiger partial charge in [-0.2, -0.15) is 0 Å². The predicted molar refractivity (Wildman–Crippen MR) is 67.5 cm³/mol. The average molecular weight is 291 g/mol. The largest absolute Gasteiger partial charge is 0.350 e. The summed E-state index contributed by atoms with van der Waals surface area (Å²) in [5.74, 6) is -0.0116. The van der Waals surface area contributed by atoms with Gasteiger partial charge in [0, 0.05) is 23.6 Å². The van der Waals surface area contributed by atoms with E-state index in [1.54, 1.807) is 0 Å². The van der Waals surface area contributed by atoms with E-state index in [-0.39, 0.29) is 5.91 Å². The number of nitrogens with one attached hydrogen (secondary N) is 2. The van der Waals surface area contributed by atoms with Gasteiger partial charge in [0.15, 0.2) is 0 Å². The van der Waals surface area contributed by atoms with E-state index in [4.69, 9.17) is 0 Å². The predicted octanol–water partition coefficient (Wildman–Crippen LogP) is 2.24. The first-order valence-corrected chi connectivity index (χ1v) is 6.53. The molecule has 0 atom stereocenters. The third-order valence-electron chi connectivity index (χ3n) is 1.79. The van der Waals surface area contributed by atoms with Crippen LogP contribution in [0.5, 0.6) is 0 Å². The summed E-state index contributed by atoms with van der Waals surface area (Å²) >= 11 is 4.78. The topological polar surface area (TPSA) is 41.1 Å². The molecule has 0 bridgehead atoms. The number of carbonyl (C=O) groups excluding carboxylic acids is 1. The van der Waals surface area contributed by atoms with Crippen molar-refractivity contribution < 1.29 is 4.79 Å². The van der Waals surface area contributed by atoms with E-state index in [1.807, 2.05) is 11.4 Å². The second-order valence-corrected chi connectivity index (χ2v) is 5.23. The summed E-state index contributed by atoms with van der Waals surface area (Å²) < 4.78 is 0.863. The molecule has 0 aliphatic rings. The van der Waals surface area contributed by atoms with E-state index in [9.17, 15) is 4.79 Å². The second kappa shape index (κ2) is 6.25. The highest BCUT2D eigenvalue weighted by atomic mass is 79.9. The molecule has 5 heteroatoms. The highest BCUT2D eigenvalue weighted by Crippen LogP contribution is 2.21. The van der Waals surface area contributed by atoms with Crippen LogP contribution >= 0.6 is 27.3 Å². The van der Waals surface area contributed by atoms with Crippen LogP contribution in [0.1, 0.15) is 23.5 Å². The fourth-order valence-electron chi connectivity index (χ4n) is 1.07. The van der Waals surface area contributed by atoms with Crippen molar-refractivity contribution in [1.29, 1.82) is 0 Å². The Balaban J connectivity index is 2.28. The molecule has 0 radical (unpaired) electrons. The molecule has 0 aromatic carbocycles. The highest BCUT2D eigenvalue weighted by Gasteiger charge is 2.10. The molecule has 0 aliphatic heterocycles. The van der Waals surface area contributed by atoms with Crippen LogP contribution < -0.4 is 10.6 Å². The molecule has 1 heterocycles. The molecule has 0 aliphatic carbocycles. The Morgan fingerprint density at radius 3 is 2.80 bits per heavy atom. The van der Waals surface area contributed by atoms with Crippen LogP contribution in [-0.4, -0.2) is 25.0 Å². The van der Waals surface area contributed by atoms with Gasteiger partial charge in [-0.1, -0.05) is 13.8 Å². The zero-order chi connectivity index (χ0) is 11.3. The maximum Gasteiger partial charge on any atom is 0.262 e. The van der Waals surface area contributed by atoms with Crippen molar-refractivity contribution >= 4 is 33.2 Å². The zero-order valence-electron chi connectivity index (χ0n) is 8.84. The lowest BCUT2D eigenvalue weighted by Crippen LogP contribution is -2.34. The summed E-state index contributed by atoms with van der Waals surface area (Å²) in [5, 5.41) is 7.99. The van der Waals surface area contributed by atoms with E-state index < -0.39 is 0 Å². The number of rotatable bonds is 5. The minimum atomic E-state index is -0.0116. The Morgan fingerprint density at radius 2 is 2.27 bits per heavy atom. The Bertz CT molecular complexity index is 325. The molecular weight excluding hydrogens is 276 g/mol. The van der Waals surface area contributed by atoms with Gasteiger partial charge in [0.1, 0.15) is 4.88 Å². The Morgan fingerprint density at radius 1 is 1.53 bits per heavy atom. The second-order valence-electron chi connectivity index (χ2n) is 3.46. The molecule has 0 unspecified atom stereocenters. The molecule has 3 nitrogen and oxygen atoms in total. The first-order chi connectivity index (χ1) is 7.11. The van der Waals surface area contributed by atoms with Crippen LogP contribution in [0.25, 0.3) is 0 Å². The molecule has 0 fully saturated rings. The Labute approximate surface area is 102 Å². The Hall–Kier alpha value is -0.390. The van der Waals surface area contributed by atoms with Crippen LogP contribution in [-0.2, 0) is 0 Å². The molecule has 1 amide bonds. The van der Waals surface area contributed by atoms with E-state index in [0.29, 0.717) is 12.6 Å². The third-order valence-corrected chi connectivity index (χ3v) is 3.62. The van der Waals surface area contributed by atoms with Gasteiger partial charge in [0.05, 0.1) is 0 Å². The summed E-state index contributed by atoms with van der Waals surface area (Å²) in [5.41, 5.74) is 0. The molecule has 0 spiro atoms. The fourth-order valence-corrected chi connectivity index (χ4v) is 2.54. The minimum absolute atomic E-state index is 0.0116. The SMILES string of the molecule is CC(C)NCCNC(=O)c1sccc1Br. The first-order valence-electron chi connectivity index (χ1n) is 4.86. The lowest BCUT2D eigenvalue weighted by molar-refractivity contribution is 0.0957. The lowest BCUT2D eigenvalue weighted by atomic mass is 10.4. The number of halogens is 1. The molecule has 1 aromatic heterocycles. The molecule has 84 valence electrons. The maximum atomic E-state index is 11.6. The Kier molecular flexibility index (Phi) is 5.28. The summed E-state index contributed by atoms with van der Waals surface area (Å²) in [6.07, 6.45) is 0. The van der Waals surface area contributed by atoms with Crippen molar-refractivity contribution in [1.82, 2.24) is 10.6 Å². The van der Waals surface area contributed by atoms with Gasteiger partial charge in [-0.25, -0.2) is 0 Å². The van der Waals surface area contributed by atoms with E-state index in [1.165, 1.54) is 11.3 Å². The van der Waals surface area contributed by atoms with E-state index in [0.717, 1.165) is 15.9 Å². The van der Waals surface area contributed by atoms with Crippen molar-refractivity contribution in [3.05, 3.63) is 20.8 Å². The zero-order valence-corrected chi connectivity index (χ0v) is 11.2. The summed E-state index contributed by atoms with van der Waals surface area (Å²) in [6, 6.07) is 2.33. The summed E-state index contributed by atoms with van der Waals surface area (Å²) in [6.45, 7) is 5.61. The summed E-state index contributed by atoms with van der Waals surface area (Å²) in [4.78, 5) is 12.3. The standard InChI is InChI=1S/C10H15BrN2OS/c1-7(2)12-4-5-13-10(14)9-8(11)3-6-15-9/h3,6-7,12H,4-5H2,1-2H3,(H,13,14). The quantitative estimate of drug-likeness (QED) is 0.817. The van der Waals surface area contributed by atoms with Crippen molar-refractivity contribution in [2.45, 2.75) is 19.9 Å². The van der Waals surface area contributed by atoms with Crippen molar-refractivity contribution in [2.75, 3.05) is 13.1 Å². The van der Waals surface area contributed by atoms with Crippen molar-refractivity contribution in [2.24, 2.45) is 0 Å². The third kappa shape index (κ3) is 4.32. The molecule has 1 aromatic rings. The van der Waals surface area contributed by atoms with Gasteiger partial charge >= 0.3 is 0 Å². The van der Waals surface area contributed by atoms with Gasteiger partial charge in [-0.15, -0.1) is 11.3 Å². The molecule has 0 saturated heterocycles. The van der Waals surface area contributed by atoms with Crippen LogP contribution in [0.2, 0.25) is 0 Å². The lowest BCUT2D eigenvalue weighted by Gasteiger charge is -2.08. The number of hydrogen-bond acceptors (Lipinski definition) is 3. The smallest absolute Gasteiger partial charge is 0.262 e. The number of carbonyl (C=O) groups is 1. The van der Waals surface area contributed by atoms with Gasteiger partial charge in [-0.05, 0) is 27.4 Å². The van der Waals surface area contributed by atoms with Gasteiger partial charge in [-0.3, -0.25) is 4.79 Å². The molecule has 1 rings (SSSR count). The number of thiophene rings is 1. The maximum absolute atomic E-state index is 11.6. The molecular formula is C10H15BrN2OS.